The first-order chi connectivity index (χ1) is 15.8. The van der Waals surface area contributed by atoms with E-state index < -0.39 is 0 Å². The fourth-order valence-corrected chi connectivity index (χ4v) is 5.42. The normalized spacial score (nSPS) is 15.7. The first kappa shape index (κ1) is 25.6. The number of aryl methyl sites for hydroxylation is 1. The van der Waals surface area contributed by atoms with Crippen LogP contribution in [0.3, 0.4) is 0 Å². The molecular formula is C29H39NO2S. The third kappa shape index (κ3) is 8.33. The van der Waals surface area contributed by atoms with E-state index in [0.717, 1.165) is 18.6 Å². The van der Waals surface area contributed by atoms with Crippen molar-refractivity contribution in [2.24, 2.45) is 5.92 Å². The molecule has 1 aliphatic rings. The first-order valence-electron chi connectivity index (χ1n) is 12.4. The van der Waals surface area contributed by atoms with E-state index in [1.807, 2.05) is 18.2 Å². The minimum Gasteiger partial charge on any atom is -0.342 e. The average Bonchev–Trinajstić information content (AvgIpc) is 2.82. The van der Waals surface area contributed by atoms with Gasteiger partial charge < -0.3 is 5.32 Å². The summed E-state index contributed by atoms with van der Waals surface area (Å²) in [5.41, 5.74) is 3.43. The van der Waals surface area contributed by atoms with Gasteiger partial charge in [-0.2, -0.15) is 11.8 Å². The molecule has 1 atom stereocenters. The largest absolute Gasteiger partial charge is 0.342 e. The number of nitrogens with one attached hydrogen (secondary N) is 1. The molecule has 33 heavy (non-hydrogen) atoms. The molecule has 178 valence electrons. The quantitative estimate of drug-likeness (QED) is 0.402. The zero-order valence-electron chi connectivity index (χ0n) is 20.4. The smallest absolute Gasteiger partial charge is 0.251 e. The van der Waals surface area contributed by atoms with Gasteiger partial charge >= 0.3 is 0 Å². The van der Waals surface area contributed by atoms with Crippen LogP contribution in [0.4, 0.5) is 0 Å². The molecule has 0 aliphatic heterocycles. The van der Waals surface area contributed by atoms with Gasteiger partial charge in [0.1, 0.15) is 0 Å². The van der Waals surface area contributed by atoms with Crippen LogP contribution in [0, 0.1) is 5.92 Å². The van der Waals surface area contributed by atoms with Crippen LogP contribution in [0.2, 0.25) is 0 Å². The van der Waals surface area contributed by atoms with Gasteiger partial charge in [-0.15, -0.1) is 0 Å². The highest BCUT2D eigenvalue weighted by Crippen LogP contribution is 2.28. The molecule has 3 nitrogen and oxygen atoms in total. The molecule has 1 saturated carbocycles. The van der Waals surface area contributed by atoms with E-state index in [1.165, 1.54) is 43.2 Å². The van der Waals surface area contributed by atoms with Crippen LogP contribution in [0.15, 0.2) is 54.6 Å². The fraction of sp³-hybridized carbons (Fsp3) is 0.517. The number of hydrogen-bond acceptors (Lipinski definition) is 3. The molecule has 0 spiro atoms. The van der Waals surface area contributed by atoms with Gasteiger partial charge in [-0.1, -0.05) is 95.3 Å². The Bertz CT molecular complexity index is 880. The van der Waals surface area contributed by atoms with Crippen molar-refractivity contribution in [1.29, 1.82) is 0 Å². The lowest BCUT2D eigenvalue weighted by molar-refractivity contribution is -0.118. The van der Waals surface area contributed by atoms with E-state index in [1.54, 1.807) is 23.9 Å². The highest BCUT2D eigenvalue weighted by Gasteiger charge is 2.26. The number of rotatable bonds is 10. The molecule has 1 aliphatic carbocycles. The molecule has 2 aromatic rings. The van der Waals surface area contributed by atoms with Gasteiger partial charge in [-0.3, -0.25) is 9.59 Å². The summed E-state index contributed by atoms with van der Waals surface area (Å²) in [6, 6.07) is 17.7. The number of carbonyl (C=O) groups excluding carboxylic acids is 2. The standard InChI is InChI=1S/C29H39NO2S/c1-29(2,3)25-16-14-22(15-17-25)18-19-33-21-27(31)26(20-23-10-6-4-7-11-23)30-28(32)24-12-8-5-9-13-24/h5,8-9,12-17,23,26H,4,6-7,10-11,18-21H2,1-3H3,(H,30,32)/t26-/m0/s1. The van der Waals surface area contributed by atoms with Gasteiger partial charge in [-0.25, -0.2) is 0 Å². The molecule has 2 aromatic carbocycles. The van der Waals surface area contributed by atoms with Gasteiger partial charge in [-0.05, 0) is 53.2 Å². The minimum atomic E-state index is -0.389. The second-order valence-electron chi connectivity index (χ2n) is 10.3. The van der Waals surface area contributed by atoms with E-state index in [-0.39, 0.29) is 23.1 Å². The third-order valence-corrected chi connectivity index (χ3v) is 7.60. The number of benzene rings is 2. The number of amides is 1. The van der Waals surface area contributed by atoms with Crippen LogP contribution in [0.5, 0.6) is 0 Å². The molecule has 4 heteroatoms. The van der Waals surface area contributed by atoms with Crippen LogP contribution < -0.4 is 5.32 Å². The Kier molecular flexibility index (Phi) is 9.61. The van der Waals surface area contributed by atoms with Gasteiger partial charge in [0.2, 0.25) is 0 Å². The summed E-state index contributed by atoms with van der Waals surface area (Å²) in [5, 5.41) is 3.06. The van der Waals surface area contributed by atoms with Crippen LogP contribution in [-0.2, 0) is 16.6 Å². The van der Waals surface area contributed by atoms with Gasteiger partial charge in [0, 0.05) is 5.56 Å². The monoisotopic (exact) mass is 465 g/mol. The van der Waals surface area contributed by atoms with Crippen LogP contribution in [-0.4, -0.2) is 29.2 Å². The fourth-order valence-electron chi connectivity index (χ4n) is 4.49. The van der Waals surface area contributed by atoms with Gasteiger partial charge in [0.15, 0.2) is 5.78 Å². The summed E-state index contributed by atoms with van der Waals surface area (Å²) in [4.78, 5) is 25.9. The Balaban J connectivity index is 1.52. The van der Waals surface area contributed by atoms with Crippen molar-refractivity contribution in [1.82, 2.24) is 5.32 Å². The van der Waals surface area contributed by atoms with Crippen molar-refractivity contribution in [2.45, 2.75) is 77.2 Å². The Morgan fingerprint density at radius 2 is 1.64 bits per heavy atom. The van der Waals surface area contributed by atoms with E-state index in [4.69, 9.17) is 0 Å². The maximum atomic E-state index is 13.1. The molecule has 1 N–H and O–H groups in total. The summed E-state index contributed by atoms with van der Waals surface area (Å²) >= 11 is 1.68. The summed E-state index contributed by atoms with van der Waals surface area (Å²) in [6.45, 7) is 6.68. The first-order valence-corrected chi connectivity index (χ1v) is 13.5. The van der Waals surface area contributed by atoms with E-state index in [0.29, 0.717) is 17.2 Å². The molecule has 0 aromatic heterocycles. The number of ketones is 1. The highest BCUT2D eigenvalue weighted by molar-refractivity contribution is 7.99. The van der Waals surface area contributed by atoms with Crippen molar-refractivity contribution in [3.63, 3.8) is 0 Å². The summed E-state index contributed by atoms with van der Waals surface area (Å²) in [7, 11) is 0. The third-order valence-electron chi connectivity index (χ3n) is 6.62. The van der Waals surface area contributed by atoms with E-state index >= 15 is 0 Å². The second-order valence-corrected chi connectivity index (χ2v) is 11.5. The van der Waals surface area contributed by atoms with E-state index in [2.05, 4.69) is 50.4 Å². The Morgan fingerprint density at radius 1 is 0.970 bits per heavy atom. The van der Waals surface area contributed by atoms with Crippen molar-refractivity contribution in [3.05, 3.63) is 71.3 Å². The lowest BCUT2D eigenvalue weighted by atomic mass is 9.84. The van der Waals surface area contributed by atoms with E-state index in [9.17, 15) is 9.59 Å². The lowest BCUT2D eigenvalue weighted by Crippen LogP contribution is -2.43. The topological polar surface area (TPSA) is 46.2 Å². The summed E-state index contributed by atoms with van der Waals surface area (Å²) in [6.07, 6.45) is 7.82. The molecule has 3 rings (SSSR count). The molecule has 1 amide bonds. The van der Waals surface area contributed by atoms with Gasteiger partial charge in [0.05, 0.1) is 11.8 Å². The Hall–Kier alpha value is -2.07. The predicted octanol–water partition coefficient (Wildman–Crippen LogP) is 6.60. The zero-order chi connectivity index (χ0) is 23.7. The Labute approximate surface area is 204 Å². The van der Waals surface area contributed by atoms with Gasteiger partial charge in [0.25, 0.3) is 5.91 Å². The van der Waals surface area contributed by atoms with Crippen LogP contribution in [0.25, 0.3) is 0 Å². The maximum absolute atomic E-state index is 13.1. The molecule has 0 bridgehead atoms. The number of hydrogen-bond donors (Lipinski definition) is 1. The minimum absolute atomic E-state index is 0.145. The van der Waals surface area contributed by atoms with Crippen LogP contribution >= 0.6 is 11.8 Å². The van der Waals surface area contributed by atoms with Crippen molar-refractivity contribution in [2.75, 3.05) is 11.5 Å². The maximum Gasteiger partial charge on any atom is 0.251 e. The summed E-state index contributed by atoms with van der Waals surface area (Å²) < 4.78 is 0. The lowest BCUT2D eigenvalue weighted by Gasteiger charge is -2.26. The molecule has 0 unspecified atom stereocenters. The summed E-state index contributed by atoms with van der Waals surface area (Å²) in [5.74, 6) is 1.90. The average molecular weight is 466 g/mol. The molecule has 0 radical (unpaired) electrons. The van der Waals surface area contributed by atoms with Crippen LogP contribution in [0.1, 0.15) is 80.8 Å². The molecule has 1 fully saturated rings. The molecule has 0 heterocycles. The van der Waals surface area contributed by atoms with Crippen molar-refractivity contribution >= 4 is 23.5 Å². The zero-order valence-corrected chi connectivity index (χ0v) is 21.3. The number of Topliss-reactive ketones (excluding diaryl/α,β-unsaturated/α-hetero) is 1. The number of carbonyl (C=O) groups is 2. The van der Waals surface area contributed by atoms with Crippen molar-refractivity contribution in [3.8, 4) is 0 Å². The highest BCUT2D eigenvalue weighted by atomic mass is 32.2. The SMILES string of the molecule is CC(C)(C)c1ccc(CCSCC(=O)[C@H](CC2CCCCC2)NC(=O)c2ccccc2)cc1. The van der Waals surface area contributed by atoms with Crippen molar-refractivity contribution < 1.29 is 9.59 Å². The molecule has 0 saturated heterocycles. The second kappa shape index (κ2) is 12.4. The Morgan fingerprint density at radius 3 is 2.27 bits per heavy atom. The molecular weight excluding hydrogens is 426 g/mol. The predicted molar refractivity (Wildman–Crippen MR) is 140 cm³/mol. The number of thioether (sulfide) groups is 1.